The molecule has 2 aromatic rings. The Balaban J connectivity index is 2.02. The van der Waals surface area contributed by atoms with Crippen LogP contribution >= 0.6 is 0 Å². The zero-order chi connectivity index (χ0) is 21.4. The minimum atomic E-state index is -3.01. The van der Waals surface area contributed by atoms with Gasteiger partial charge in [0.15, 0.2) is 11.5 Å². The smallest absolute Gasteiger partial charge is 0.387 e. The van der Waals surface area contributed by atoms with Crippen LogP contribution in [0.3, 0.4) is 0 Å². The number of hydrazone groups is 1. The van der Waals surface area contributed by atoms with E-state index in [0.29, 0.717) is 6.61 Å². The SMILES string of the molecule is CCOc1cccc(/C=N\NC(=O)CNc2c(C)cc(C)cc2C)c1OC(F)F. The van der Waals surface area contributed by atoms with Gasteiger partial charge in [-0.05, 0) is 51.0 Å². The molecule has 0 aliphatic heterocycles. The number of aryl methyl sites for hydroxylation is 3. The van der Waals surface area contributed by atoms with E-state index in [2.05, 4.69) is 20.6 Å². The number of benzene rings is 2. The molecule has 0 saturated heterocycles. The maximum atomic E-state index is 12.7. The minimum Gasteiger partial charge on any atom is -0.490 e. The number of rotatable bonds is 9. The first kappa shape index (κ1) is 22.1. The van der Waals surface area contributed by atoms with E-state index in [1.807, 2.05) is 32.9 Å². The Morgan fingerprint density at radius 3 is 2.52 bits per heavy atom. The first-order valence-corrected chi connectivity index (χ1v) is 9.16. The number of carbonyl (C=O) groups excluding carboxylic acids is 1. The molecule has 0 radical (unpaired) electrons. The van der Waals surface area contributed by atoms with Crippen LogP contribution in [0.4, 0.5) is 14.5 Å². The van der Waals surface area contributed by atoms with Gasteiger partial charge in [-0.15, -0.1) is 0 Å². The number of halogens is 2. The standard InChI is InChI=1S/C21H25F2N3O3/c1-5-28-17-8-6-7-16(20(17)29-21(22)23)11-25-26-18(27)12-24-19-14(3)9-13(2)10-15(19)4/h6-11,21,24H,5,12H2,1-4H3,(H,26,27)/b25-11-. The summed E-state index contributed by atoms with van der Waals surface area (Å²) in [5.41, 5.74) is 6.75. The Kier molecular flexibility index (Phi) is 7.94. The molecular formula is C21H25F2N3O3. The van der Waals surface area contributed by atoms with Gasteiger partial charge in [0.25, 0.3) is 5.91 Å². The van der Waals surface area contributed by atoms with E-state index in [0.717, 1.165) is 22.4 Å². The fourth-order valence-electron chi connectivity index (χ4n) is 2.96. The van der Waals surface area contributed by atoms with E-state index in [1.54, 1.807) is 13.0 Å². The summed E-state index contributed by atoms with van der Waals surface area (Å²) in [6, 6.07) is 8.74. The topological polar surface area (TPSA) is 72.0 Å². The second kappa shape index (κ2) is 10.4. The molecule has 0 unspecified atom stereocenters. The highest BCUT2D eigenvalue weighted by Gasteiger charge is 2.14. The molecule has 0 heterocycles. The van der Waals surface area contributed by atoms with Crippen LogP contribution in [0.15, 0.2) is 35.4 Å². The molecule has 2 N–H and O–H groups in total. The maximum absolute atomic E-state index is 12.7. The van der Waals surface area contributed by atoms with Gasteiger partial charge >= 0.3 is 6.61 Å². The lowest BCUT2D eigenvalue weighted by Gasteiger charge is -2.13. The van der Waals surface area contributed by atoms with Crippen LogP contribution in [-0.2, 0) is 4.79 Å². The van der Waals surface area contributed by atoms with Crippen molar-refractivity contribution in [1.29, 1.82) is 0 Å². The largest absolute Gasteiger partial charge is 0.490 e. The molecular weight excluding hydrogens is 380 g/mol. The third-order valence-electron chi connectivity index (χ3n) is 4.01. The number of hydrogen-bond acceptors (Lipinski definition) is 5. The average molecular weight is 405 g/mol. The van der Waals surface area contributed by atoms with E-state index in [-0.39, 0.29) is 29.5 Å². The first-order valence-electron chi connectivity index (χ1n) is 9.16. The number of anilines is 1. The Hall–Kier alpha value is -3.16. The summed E-state index contributed by atoms with van der Waals surface area (Å²) in [7, 11) is 0. The molecule has 1 amide bonds. The summed E-state index contributed by atoms with van der Waals surface area (Å²) < 4.78 is 35.3. The van der Waals surface area contributed by atoms with Crippen LogP contribution in [0.1, 0.15) is 29.2 Å². The molecule has 2 rings (SSSR count). The molecule has 0 aliphatic rings. The summed E-state index contributed by atoms with van der Waals surface area (Å²) in [4.78, 5) is 12.1. The van der Waals surface area contributed by atoms with E-state index in [4.69, 9.17) is 4.74 Å². The van der Waals surface area contributed by atoms with Crippen LogP contribution in [0.25, 0.3) is 0 Å². The number of nitrogens with zero attached hydrogens (tertiary/aromatic N) is 1. The van der Waals surface area contributed by atoms with Crippen LogP contribution < -0.4 is 20.2 Å². The predicted octanol–water partition coefficient (Wildman–Crippen LogP) is 4.17. The van der Waals surface area contributed by atoms with Crippen molar-refractivity contribution >= 4 is 17.8 Å². The molecule has 0 saturated carbocycles. The summed E-state index contributed by atoms with van der Waals surface area (Å²) >= 11 is 0. The Labute approximate surface area is 168 Å². The van der Waals surface area contributed by atoms with Crippen molar-refractivity contribution in [3.63, 3.8) is 0 Å². The highest BCUT2D eigenvalue weighted by atomic mass is 19.3. The highest BCUT2D eigenvalue weighted by molar-refractivity contribution is 5.87. The lowest BCUT2D eigenvalue weighted by molar-refractivity contribution is -0.119. The fourth-order valence-corrected chi connectivity index (χ4v) is 2.96. The van der Waals surface area contributed by atoms with Crippen LogP contribution in [-0.4, -0.2) is 31.9 Å². The van der Waals surface area contributed by atoms with Crippen molar-refractivity contribution in [1.82, 2.24) is 5.43 Å². The van der Waals surface area contributed by atoms with Gasteiger partial charge < -0.3 is 14.8 Å². The lowest BCUT2D eigenvalue weighted by atomic mass is 10.1. The van der Waals surface area contributed by atoms with E-state index in [9.17, 15) is 13.6 Å². The van der Waals surface area contributed by atoms with E-state index < -0.39 is 6.61 Å². The first-order chi connectivity index (χ1) is 13.8. The van der Waals surface area contributed by atoms with Crippen molar-refractivity contribution in [3.8, 4) is 11.5 Å². The Bertz CT molecular complexity index is 862. The van der Waals surface area contributed by atoms with Gasteiger partial charge in [0.05, 0.1) is 19.4 Å². The number of nitrogens with one attached hydrogen (secondary N) is 2. The quantitative estimate of drug-likeness (QED) is 0.485. The Morgan fingerprint density at radius 2 is 1.90 bits per heavy atom. The fraction of sp³-hybridized carbons (Fsp3) is 0.333. The molecule has 0 aromatic heterocycles. The number of amides is 1. The van der Waals surface area contributed by atoms with Crippen LogP contribution in [0.2, 0.25) is 0 Å². The number of ether oxygens (including phenoxy) is 2. The number of carbonyl (C=O) groups is 1. The average Bonchev–Trinajstić information content (AvgIpc) is 2.63. The van der Waals surface area contributed by atoms with Crippen molar-refractivity contribution in [2.45, 2.75) is 34.3 Å². The monoisotopic (exact) mass is 405 g/mol. The van der Waals surface area contributed by atoms with Gasteiger partial charge in [0, 0.05) is 11.3 Å². The van der Waals surface area contributed by atoms with Gasteiger partial charge in [0.1, 0.15) is 0 Å². The maximum Gasteiger partial charge on any atom is 0.387 e. The van der Waals surface area contributed by atoms with Crippen molar-refractivity contribution in [2.75, 3.05) is 18.5 Å². The number of hydrogen-bond donors (Lipinski definition) is 2. The van der Waals surface area contributed by atoms with Gasteiger partial charge in [-0.1, -0.05) is 23.8 Å². The number of alkyl halides is 2. The molecule has 0 atom stereocenters. The van der Waals surface area contributed by atoms with Gasteiger partial charge in [-0.3, -0.25) is 4.79 Å². The molecule has 0 bridgehead atoms. The summed E-state index contributed by atoms with van der Waals surface area (Å²) in [6.45, 7) is 4.98. The Morgan fingerprint density at radius 1 is 1.21 bits per heavy atom. The normalized spacial score (nSPS) is 11.0. The van der Waals surface area contributed by atoms with Gasteiger partial charge in [0.2, 0.25) is 0 Å². The molecule has 6 nitrogen and oxygen atoms in total. The number of para-hydroxylation sites is 1. The second-order valence-corrected chi connectivity index (χ2v) is 6.41. The van der Waals surface area contributed by atoms with Gasteiger partial charge in [-0.2, -0.15) is 13.9 Å². The molecule has 29 heavy (non-hydrogen) atoms. The van der Waals surface area contributed by atoms with Crippen molar-refractivity contribution in [3.05, 3.63) is 52.6 Å². The third-order valence-corrected chi connectivity index (χ3v) is 4.01. The van der Waals surface area contributed by atoms with Crippen molar-refractivity contribution in [2.24, 2.45) is 5.10 Å². The second-order valence-electron chi connectivity index (χ2n) is 6.41. The van der Waals surface area contributed by atoms with E-state index >= 15 is 0 Å². The summed E-state index contributed by atoms with van der Waals surface area (Å²) in [6.07, 6.45) is 1.24. The summed E-state index contributed by atoms with van der Waals surface area (Å²) in [5, 5.41) is 6.93. The predicted molar refractivity (Wildman–Crippen MR) is 109 cm³/mol. The van der Waals surface area contributed by atoms with E-state index in [1.165, 1.54) is 18.3 Å². The molecule has 156 valence electrons. The summed E-state index contributed by atoms with van der Waals surface area (Å²) in [5.74, 6) is -0.334. The molecule has 0 spiro atoms. The minimum absolute atomic E-state index is 0.0153. The van der Waals surface area contributed by atoms with Crippen LogP contribution in [0.5, 0.6) is 11.5 Å². The zero-order valence-corrected chi connectivity index (χ0v) is 16.9. The zero-order valence-electron chi connectivity index (χ0n) is 16.9. The molecule has 8 heteroatoms. The molecule has 0 aliphatic carbocycles. The lowest BCUT2D eigenvalue weighted by Crippen LogP contribution is -2.26. The van der Waals surface area contributed by atoms with Gasteiger partial charge in [-0.25, -0.2) is 5.43 Å². The van der Waals surface area contributed by atoms with Crippen LogP contribution in [0, 0.1) is 20.8 Å². The molecule has 0 fully saturated rings. The van der Waals surface area contributed by atoms with Crippen molar-refractivity contribution < 1.29 is 23.0 Å². The highest BCUT2D eigenvalue weighted by Crippen LogP contribution is 2.31. The third kappa shape index (κ3) is 6.44. The molecule has 2 aromatic carbocycles.